The second-order valence-corrected chi connectivity index (χ2v) is 21.7. The minimum absolute atomic E-state index is 0.0200. The van der Waals surface area contributed by atoms with Crippen LogP contribution >= 0.6 is 0 Å². The molecule has 0 saturated carbocycles. The Morgan fingerprint density at radius 2 is 0.882 bits per heavy atom. The molecule has 0 aromatic heterocycles. The van der Waals surface area contributed by atoms with Crippen LogP contribution in [0.1, 0.15) is 59.1 Å². The predicted molar refractivity (Wildman–Crippen MR) is 312 cm³/mol. The molecule has 0 spiro atoms. The minimum Gasteiger partial charge on any atom is -0.387 e. The zero-order valence-electron chi connectivity index (χ0n) is 47.8. The number of carbonyl (C=O) groups is 1. The Morgan fingerprint density at radius 1 is 0.459 bits per heavy atom. The number of rotatable bonds is 25. The maximum atomic E-state index is 13.5. The van der Waals surface area contributed by atoms with Gasteiger partial charge in [-0.2, -0.15) is 0 Å². The van der Waals surface area contributed by atoms with Gasteiger partial charge in [-0.05, 0) is 40.3 Å². The van der Waals surface area contributed by atoms with E-state index in [-0.39, 0.29) is 58.8 Å². The first-order valence-electron chi connectivity index (χ1n) is 29.2. The van der Waals surface area contributed by atoms with Crippen molar-refractivity contribution in [2.45, 2.75) is 152 Å². The third-order valence-corrected chi connectivity index (χ3v) is 15.5. The van der Waals surface area contributed by atoms with Gasteiger partial charge in [0.25, 0.3) is 0 Å². The molecule has 16 atom stereocenters. The summed E-state index contributed by atoms with van der Waals surface area (Å²) in [5, 5.41) is 16.3. The van der Waals surface area contributed by atoms with Crippen molar-refractivity contribution in [2.24, 2.45) is 0 Å². The molecule has 16 nitrogen and oxygen atoms in total. The maximum absolute atomic E-state index is 13.5. The van der Waals surface area contributed by atoms with Gasteiger partial charge in [-0.25, -0.2) is 0 Å². The van der Waals surface area contributed by atoms with Crippen molar-refractivity contribution in [3.63, 3.8) is 0 Å². The Kier molecular flexibility index (Phi) is 21.4. The van der Waals surface area contributed by atoms with Crippen molar-refractivity contribution in [1.82, 2.24) is 5.32 Å². The van der Waals surface area contributed by atoms with Gasteiger partial charge < -0.3 is 72.0 Å². The highest BCUT2D eigenvalue weighted by Crippen LogP contribution is 2.40. The van der Waals surface area contributed by atoms with Crippen LogP contribution in [0.2, 0.25) is 0 Å². The fourth-order valence-electron chi connectivity index (χ4n) is 11.2. The van der Waals surface area contributed by atoms with Crippen LogP contribution in [0.5, 0.6) is 0 Å². The highest BCUT2D eigenvalue weighted by atomic mass is 16.8. The molecule has 4 aliphatic heterocycles. The SMILES string of the molecule is CC(=O)NC1C(OCc2ccccc2)OC(COCc2ccccc2)C(OC2OC3COC(c4ccccc4)OC3C(O)C2OC2OC(C)C(OCc3ccccc3)C(OCc3ccccc3)C2OCc2ccccc2)C1OCc1ccccc1. The number of benzene rings is 7. The second-order valence-electron chi connectivity index (χ2n) is 21.7. The van der Waals surface area contributed by atoms with Crippen molar-refractivity contribution >= 4 is 5.91 Å². The summed E-state index contributed by atoms with van der Waals surface area (Å²) in [6.45, 7) is 4.47. The van der Waals surface area contributed by atoms with Gasteiger partial charge in [-0.15, -0.1) is 0 Å². The normalized spacial score (nSPS) is 29.4. The fraction of sp³-hybridized carbons (Fsp3) is 0.377. The third kappa shape index (κ3) is 16.1. The van der Waals surface area contributed by atoms with Crippen LogP contribution in [0.15, 0.2) is 212 Å². The predicted octanol–water partition coefficient (Wildman–Crippen LogP) is 9.71. The Morgan fingerprint density at radius 3 is 1.39 bits per heavy atom. The highest BCUT2D eigenvalue weighted by Gasteiger charge is 2.57. The number of aliphatic hydroxyl groups is 1. The van der Waals surface area contributed by atoms with E-state index in [1.54, 1.807) is 0 Å². The van der Waals surface area contributed by atoms with Gasteiger partial charge >= 0.3 is 0 Å². The summed E-state index contributed by atoms with van der Waals surface area (Å²) < 4.78 is 89.6. The van der Waals surface area contributed by atoms with Gasteiger partial charge in [-0.1, -0.05) is 212 Å². The van der Waals surface area contributed by atoms with Gasteiger partial charge in [0.2, 0.25) is 5.91 Å². The molecule has 4 saturated heterocycles. The molecule has 0 bridgehead atoms. The van der Waals surface area contributed by atoms with Crippen LogP contribution in [-0.4, -0.2) is 116 Å². The Bertz CT molecular complexity index is 3050. The summed E-state index contributed by atoms with van der Waals surface area (Å²) in [5.41, 5.74) is 6.26. The number of amides is 1. The van der Waals surface area contributed by atoms with Crippen molar-refractivity contribution in [3.05, 3.63) is 251 Å². The molecule has 4 heterocycles. The van der Waals surface area contributed by atoms with Gasteiger partial charge in [0.1, 0.15) is 67.1 Å². The number of hydrogen-bond acceptors (Lipinski definition) is 15. The number of aliphatic hydroxyl groups excluding tert-OH is 1. The van der Waals surface area contributed by atoms with Crippen LogP contribution < -0.4 is 5.32 Å². The molecule has 0 aliphatic carbocycles. The van der Waals surface area contributed by atoms with Gasteiger partial charge in [0, 0.05) is 12.5 Å². The van der Waals surface area contributed by atoms with Crippen LogP contribution in [-0.2, 0) is 106 Å². The summed E-state index contributed by atoms with van der Waals surface area (Å²) in [7, 11) is 0. The largest absolute Gasteiger partial charge is 0.387 e. The highest BCUT2D eigenvalue weighted by molar-refractivity contribution is 5.73. The van der Waals surface area contributed by atoms with E-state index in [4.69, 9.17) is 61.6 Å². The Labute approximate surface area is 497 Å². The Balaban J connectivity index is 0.971. The smallest absolute Gasteiger partial charge is 0.217 e. The fourth-order valence-corrected chi connectivity index (χ4v) is 11.2. The average molecular weight is 1160 g/mol. The van der Waals surface area contributed by atoms with E-state index in [1.165, 1.54) is 6.92 Å². The number of nitrogens with one attached hydrogen (secondary N) is 1. The van der Waals surface area contributed by atoms with E-state index in [0.717, 1.165) is 38.9 Å². The van der Waals surface area contributed by atoms with E-state index >= 15 is 0 Å². The molecule has 16 unspecified atom stereocenters. The molecule has 446 valence electrons. The van der Waals surface area contributed by atoms with Crippen LogP contribution in [0.4, 0.5) is 0 Å². The van der Waals surface area contributed by atoms with Gasteiger partial charge in [0.05, 0.1) is 59.0 Å². The van der Waals surface area contributed by atoms with Gasteiger partial charge in [0.15, 0.2) is 25.2 Å². The topological polar surface area (TPSA) is 169 Å². The lowest BCUT2D eigenvalue weighted by Crippen LogP contribution is -2.69. The molecule has 7 aromatic carbocycles. The first-order chi connectivity index (χ1) is 41.8. The Hall–Kier alpha value is -6.55. The molecule has 4 aliphatic rings. The van der Waals surface area contributed by atoms with Crippen molar-refractivity contribution in [3.8, 4) is 0 Å². The molecular formula is C69H75NO15. The molecular weight excluding hydrogens is 1080 g/mol. The van der Waals surface area contributed by atoms with Gasteiger partial charge in [-0.3, -0.25) is 4.79 Å². The minimum atomic E-state index is -1.45. The lowest BCUT2D eigenvalue weighted by atomic mass is 9.94. The molecule has 2 N–H and O–H groups in total. The monoisotopic (exact) mass is 1160 g/mol. The molecule has 1 amide bonds. The standard InChI is InChI=1S/C69H75NO15/c1-46-59(74-39-49-26-12-4-13-27-49)64(76-41-51-30-16-6-17-31-51)65(77-42-52-32-18-7-19-33-52)69(80-46)85-63-58(72)60-56(45-79-66(83-60)54-36-22-9-23-37-54)82-68(63)84-61-55(44-73-38-48-24-10-3-11-25-48)81-67(78-43-53-34-20-8-21-35-53)57(70-47(2)71)62(61)75-40-50-28-14-5-15-29-50/h3-37,46,55-69,72H,38-45H2,1-2H3,(H,70,71). The lowest BCUT2D eigenvalue weighted by molar-refractivity contribution is -0.409. The molecule has 11 rings (SSSR count). The first kappa shape index (κ1) is 60.2. The van der Waals surface area contributed by atoms with Crippen molar-refractivity contribution < 1.29 is 71.5 Å². The van der Waals surface area contributed by atoms with Crippen LogP contribution in [0.25, 0.3) is 0 Å². The van der Waals surface area contributed by atoms with Crippen LogP contribution in [0, 0.1) is 0 Å². The summed E-state index contributed by atoms with van der Waals surface area (Å²) >= 11 is 0. The molecule has 4 fully saturated rings. The molecule has 0 radical (unpaired) electrons. The average Bonchev–Trinajstić information content (AvgIpc) is 3.66. The third-order valence-electron chi connectivity index (χ3n) is 15.5. The van der Waals surface area contributed by atoms with E-state index in [9.17, 15) is 9.90 Å². The summed E-state index contributed by atoms with van der Waals surface area (Å²) in [6.07, 6.45) is -15.4. The first-order valence-corrected chi connectivity index (χ1v) is 29.2. The van der Waals surface area contributed by atoms with Crippen LogP contribution in [0.3, 0.4) is 0 Å². The lowest BCUT2D eigenvalue weighted by Gasteiger charge is -2.52. The second kappa shape index (κ2) is 30.2. The van der Waals surface area contributed by atoms with E-state index < -0.39 is 98.3 Å². The quantitative estimate of drug-likeness (QED) is 0.0554. The number of fused-ring (bicyclic) bond motifs is 1. The molecule has 16 heteroatoms. The van der Waals surface area contributed by atoms with E-state index in [0.29, 0.717) is 0 Å². The van der Waals surface area contributed by atoms with E-state index in [1.807, 2.05) is 219 Å². The maximum Gasteiger partial charge on any atom is 0.217 e. The molecule has 7 aromatic rings. The van der Waals surface area contributed by atoms with Crippen molar-refractivity contribution in [1.29, 1.82) is 0 Å². The number of carbonyl (C=O) groups excluding carboxylic acids is 1. The van der Waals surface area contributed by atoms with E-state index in [2.05, 4.69) is 5.32 Å². The summed E-state index contributed by atoms with van der Waals surface area (Å²) in [5.74, 6) is -0.356. The summed E-state index contributed by atoms with van der Waals surface area (Å²) in [4.78, 5) is 13.5. The number of hydrogen-bond donors (Lipinski definition) is 2. The zero-order valence-corrected chi connectivity index (χ0v) is 47.8. The zero-order chi connectivity index (χ0) is 58.2. The number of ether oxygens (including phenoxy) is 13. The van der Waals surface area contributed by atoms with Crippen molar-refractivity contribution in [2.75, 3.05) is 13.2 Å². The summed E-state index contributed by atoms with van der Waals surface area (Å²) in [6, 6.07) is 67.4. The molecule has 85 heavy (non-hydrogen) atoms.